The topological polar surface area (TPSA) is 89.3 Å². The van der Waals surface area contributed by atoms with Gasteiger partial charge in [0.1, 0.15) is 5.82 Å². The number of ether oxygens (including phenoxy) is 1. The number of nitrogens with one attached hydrogen (secondary N) is 2. The van der Waals surface area contributed by atoms with Gasteiger partial charge in [-0.05, 0) is 12.1 Å². The zero-order chi connectivity index (χ0) is 12.0. The van der Waals surface area contributed by atoms with Crippen molar-refractivity contribution in [2.75, 3.05) is 31.2 Å². The molecule has 0 aliphatic carbocycles. The fourth-order valence-electron chi connectivity index (χ4n) is 1.14. The van der Waals surface area contributed by atoms with E-state index in [1.54, 1.807) is 12.1 Å². The predicted octanol–water partition coefficient (Wildman–Crippen LogP) is 0.220. The second kappa shape index (κ2) is 5.79. The number of nitrogen functional groups attached to an aromatic ring is 1. The fraction of sp³-hybridized carbons (Fsp3) is 0.400. The molecule has 0 aliphatic rings. The number of nitrogens with zero attached hydrogens (tertiary/aromatic N) is 1. The van der Waals surface area contributed by atoms with Gasteiger partial charge in [0.05, 0.1) is 12.8 Å². The van der Waals surface area contributed by atoms with Crippen LogP contribution in [0.5, 0.6) is 5.88 Å². The largest absolute Gasteiger partial charge is 0.479 e. The minimum absolute atomic E-state index is 0.0513. The van der Waals surface area contributed by atoms with E-state index in [0.717, 1.165) is 0 Å². The van der Waals surface area contributed by atoms with E-state index in [2.05, 4.69) is 15.6 Å². The Labute approximate surface area is 94.2 Å². The number of anilines is 2. The molecular formula is C10H16N4O2. The third-order valence-corrected chi connectivity index (χ3v) is 1.89. The van der Waals surface area contributed by atoms with Crippen LogP contribution in [0.15, 0.2) is 12.1 Å². The lowest BCUT2D eigenvalue weighted by atomic mass is 10.4. The Morgan fingerprint density at radius 2 is 2.25 bits per heavy atom. The first-order valence-corrected chi connectivity index (χ1v) is 4.92. The molecule has 0 radical (unpaired) electrons. The van der Waals surface area contributed by atoms with E-state index in [-0.39, 0.29) is 5.91 Å². The molecule has 1 aromatic rings. The first-order valence-electron chi connectivity index (χ1n) is 4.92. The van der Waals surface area contributed by atoms with E-state index in [0.29, 0.717) is 30.5 Å². The third-order valence-electron chi connectivity index (χ3n) is 1.89. The number of hydrogen-bond acceptors (Lipinski definition) is 5. The summed E-state index contributed by atoms with van der Waals surface area (Å²) in [4.78, 5) is 14.7. The predicted molar refractivity (Wildman–Crippen MR) is 62.4 cm³/mol. The van der Waals surface area contributed by atoms with Gasteiger partial charge >= 0.3 is 0 Å². The summed E-state index contributed by atoms with van der Waals surface area (Å²) in [6.45, 7) is 2.62. The molecule has 0 atom stereocenters. The molecule has 16 heavy (non-hydrogen) atoms. The summed E-state index contributed by atoms with van der Waals surface area (Å²) in [6.07, 6.45) is 0. The molecule has 4 N–H and O–H groups in total. The summed E-state index contributed by atoms with van der Waals surface area (Å²) < 4.78 is 4.98. The van der Waals surface area contributed by atoms with Gasteiger partial charge in [-0.3, -0.25) is 4.79 Å². The van der Waals surface area contributed by atoms with Gasteiger partial charge in [-0.25, -0.2) is 0 Å². The number of pyridine rings is 1. The van der Waals surface area contributed by atoms with Crippen LogP contribution in [0, 0.1) is 0 Å². The van der Waals surface area contributed by atoms with Gasteiger partial charge in [-0.1, -0.05) is 0 Å². The summed E-state index contributed by atoms with van der Waals surface area (Å²) >= 11 is 0. The smallest absolute Gasteiger partial charge is 0.238 e. The number of rotatable bonds is 5. The molecule has 0 unspecified atom stereocenters. The van der Waals surface area contributed by atoms with E-state index in [9.17, 15) is 4.79 Å². The highest BCUT2D eigenvalue weighted by atomic mass is 16.5. The Kier molecular flexibility index (Phi) is 4.38. The van der Waals surface area contributed by atoms with E-state index in [1.807, 2.05) is 0 Å². The third kappa shape index (κ3) is 3.64. The quantitative estimate of drug-likeness (QED) is 0.622. The van der Waals surface area contributed by atoms with E-state index < -0.39 is 0 Å². The van der Waals surface area contributed by atoms with Crippen LogP contribution in [0.2, 0.25) is 0 Å². The molecule has 1 rings (SSSR count). The molecule has 0 bridgehead atoms. The number of carbonyl (C=O) groups is 1. The van der Waals surface area contributed by atoms with Crippen molar-refractivity contribution >= 4 is 17.4 Å². The van der Waals surface area contributed by atoms with Crippen LogP contribution in [-0.4, -0.2) is 31.1 Å². The molecular weight excluding hydrogens is 208 g/mol. The average Bonchev–Trinajstić information content (AvgIpc) is 2.26. The fourth-order valence-corrected chi connectivity index (χ4v) is 1.14. The number of amides is 1. The van der Waals surface area contributed by atoms with Crippen molar-refractivity contribution in [3.63, 3.8) is 0 Å². The zero-order valence-corrected chi connectivity index (χ0v) is 9.41. The maximum Gasteiger partial charge on any atom is 0.238 e. The Hall–Kier alpha value is -1.98. The van der Waals surface area contributed by atoms with Crippen molar-refractivity contribution < 1.29 is 9.53 Å². The maximum absolute atomic E-state index is 10.6. The summed E-state index contributed by atoms with van der Waals surface area (Å²) in [5, 5.41) is 5.71. The number of aromatic nitrogens is 1. The Morgan fingerprint density at radius 3 is 2.88 bits per heavy atom. The summed E-state index contributed by atoms with van der Waals surface area (Å²) in [7, 11) is 1.51. The molecule has 0 aromatic carbocycles. The van der Waals surface area contributed by atoms with Gasteiger partial charge in [0, 0.05) is 20.0 Å². The van der Waals surface area contributed by atoms with Crippen molar-refractivity contribution in [2.45, 2.75) is 6.92 Å². The minimum Gasteiger partial charge on any atom is -0.479 e. The van der Waals surface area contributed by atoms with Crippen LogP contribution in [0.1, 0.15) is 6.92 Å². The second-order valence-corrected chi connectivity index (χ2v) is 3.20. The molecule has 6 nitrogen and oxygen atoms in total. The maximum atomic E-state index is 10.6. The van der Waals surface area contributed by atoms with Gasteiger partial charge < -0.3 is 21.1 Å². The molecule has 1 amide bonds. The van der Waals surface area contributed by atoms with E-state index >= 15 is 0 Å². The van der Waals surface area contributed by atoms with Crippen LogP contribution < -0.4 is 21.1 Å². The normalized spacial score (nSPS) is 9.62. The standard InChI is InChI=1S/C10H16N4O2/c1-7(15)12-5-6-13-9-4-3-8(11)10(14-9)16-2/h3-4H,5-6,11H2,1-2H3,(H,12,15)(H,13,14). The molecule has 0 saturated heterocycles. The molecule has 0 aliphatic heterocycles. The van der Waals surface area contributed by atoms with Gasteiger partial charge in [-0.15, -0.1) is 0 Å². The van der Waals surface area contributed by atoms with Gasteiger partial charge in [0.15, 0.2) is 0 Å². The summed E-state index contributed by atoms with van der Waals surface area (Å²) in [6, 6.07) is 3.47. The molecule has 0 saturated carbocycles. The van der Waals surface area contributed by atoms with Crippen molar-refractivity contribution in [2.24, 2.45) is 0 Å². The Bertz CT molecular complexity index is 368. The van der Waals surface area contributed by atoms with E-state index in [4.69, 9.17) is 10.5 Å². The van der Waals surface area contributed by atoms with Crippen LogP contribution in [0.4, 0.5) is 11.5 Å². The SMILES string of the molecule is COc1nc(NCCNC(C)=O)ccc1N. The molecule has 6 heteroatoms. The minimum atomic E-state index is -0.0513. The lowest BCUT2D eigenvalue weighted by Gasteiger charge is -2.08. The lowest BCUT2D eigenvalue weighted by Crippen LogP contribution is -2.26. The summed E-state index contributed by atoms with van der Waals surface area (Å²) in [5.41, 5.74) is 6.12. The van der Waals surface area contributed by atoms with Crippen LogP contribution in [-0.2, 0) is 4.79 Å². The van der Waals surface area contributed by atoms with E-state index in [1.165, 1.54) is 14.0 Å². The van der Waals surface area contributed by atoms with Crippen LogP contribution in [0.3, 0.4) is 0 Å². The van der Waals surface area contributed by atoms with Gasteiger partial charge in [-0.2, -0.15) is 4.98 Å². The Balaban J connectivity index is 2.45. The molecule has 0 fully saturated rings. The zero-order valence-electron chi connectivity index (χ0n) is 9.41. The first-order chi connectivity index (χ1) is 7.63. The average molecular weight is 224 g/mol. The first kappa shape index (κ1) is 12.1. The lowest BCUT2D eigenvalue weighted by molar-refractivity contribution is -0.118. The second-order valence-electron chi connectivity index (χ2n) is 3.20. The highest BCUT2D eigenvalue weighted by molar-refractivity contribution is 5.72. The molecule has 1 heterocycles. The molecule has 0 spiro atoms. The van der Waals surface area contributed by atoms with Crippen molar-refractivity contribution in [3.05, 3.63) is 12.1 Å². The Morgan fingerprint density at radius 1 is 1.50 bits per heavy atom. The highest BCUT2D eigenvalue weighted by Gasteiger charge is 2.01. The number of hydrogen-bond donors (Lipinski definition) is 3. The van der Waals surface area contributed by atoms with Gasteiger partial charge in [0.25, 0.3) is 0 Å². The molecule has 88 valence electrons. The number of methoxy groups -OCH3 is 1. The van der Waals surface area contributed by atoms with Crippen LogP contribution >= 0.6 is 0 Å². The molecule has 1 aromatic heterocycles. The van der Waals surface area contributed by atoms with Crippen LogP contribution in [0.25, 0.3) is 0 Å². The monoisotopic (exact) mass is 224 g/mol. The number of carbonyl (C=O) groups excluding carboxylic acids is 1. The van der Waals surface area contributed by atoms with Crippen molar-refractivity contribution in [3.8, 4) is 5.88 Å². The van der Waals surface area contributed by atoms with Gasteiger partial charge in [0.2, 0.25) is 11.8 Å². The van der Waals surface area contributed by atoms with Crippen molar-refractivity contribution in [1.29, 1.82) is 0 Å². The van der Waals surface area contributed by atoms with Crippen molar-refractivity contribution in [1.82, 2.24) is 10.3 Å². The number of nitrogens with two attached hydrogens (primary N) is 1. The highest BCUT2D eigenvalue weighted by Crippen LogP contribution is 2.19. The summed E-state index contributed by atoms with van der Waals surface area (Å²) in [5.74, 6) is 1.01.